The maximum atomic E-state index is 13.8. The topological polar surface area (TPSA) is 12.0 Å². The third-order valence-corrected chi connectivity index (χ3v) is 5.28. The first-order valence-corrected chi connectivity index (χ1v) is 8.29. The van der Waals surface area contributed by atoms with Crippen molar-refractivity contribution in [3.05, 3.63) is 35.1 Å². The van der Waals surface area contributed by atoms with Crippen LogP contribution in [0.15, 0.2) is 18.2 Å². The highest BCUT2D eigenvalue weighted by Crippen LogP contribution is 2.34. The summed E-state index contributed by atoms with van der Waals surface area (Å²) in [4.78, 5) is 0. The molecule has 1 aromatic rings. The van der Waals surface area contributed by atoms with E-state index in [4.69, 9.17) is 0 Å². The van der Waals surface area contributed by atoms with Crippen molar-refractivity contribution >= 4 is 0 Å². The van der Waals surface area contributed by atoms with Gasteiger partial charge in [-0.05, 0) is 55.7 Å². The summed E-state index contributed by atoms with van der Waals surface area (Å²) in [7, 11) is 0. The Labute approximate surface area is 122 Å². The number of benzene rings is 1. The zero-order valence-electron chi connectivity index (χ0n) is 12.5. The van der Waals surface area contributed by atoms with Gasteiger partial charge in [0.05, 0.1) is 0 Å². The Hall–Kier alpha value is -0.890. The molecular formula is C18H26FN. The molecule has 20 heavy (non-hydrogen) atoms. The average molecular weight is 275 g/mol. The van der Waals surface area contributed by atoms with Crippen molar-refractivity contribution in [1.82, 2.24) is 5.32 Å². The summed E-state index contributed by atoms with van der Waals surface area (Å²) >= 11 is 0. The van der Waals surface area contributed by atoms with E-state index in [1.54, 1.807) is 6.07 Å². The van der Waals surface area contributed by atoms with Crippen LogP contribution in [0, 0.1) is 11.7 Å². The molecular weight excluding hydrogens is 249 g/mol. The molecule has 0 amide bonds. The zero-order chi connectivity index (χ0) is 13.9. The summed E-state index contributed by atoms with van der Waals surface area (Å²) in [6.07, 6.45) is 10.2. The second kappa shape index (κ2) is 6.26. The third-order valence-electron chi connectivity index (χ3n) is 5.28. The molecule has 0 saturated heterocycles. The van der Waals surface area contributed by atoms with Crippen LogP contribution < -0.4 is 5.32 Å². The Balaban J connectivity index is 1.66. The molecule has 0 radical (unpaired) electrons. The minimum Gasteiger partial charge on any atom is -0.307 e. The molecule has 0 aliphatic heterocycles. The van der Waals surface area contributed by atoms with Gasteiger partial charge in [-0.3, -0.25) is 0 Å². The van der Waals surface area contributed by atoms with E-state index < -0.39 is 0 Å². The van der Waals surface area contributed by atoms with Crippen LogP contribution >= 0.6 is 0 Å². The van der Waals surface area contributed by atoms with Crippen LogP contribution in [0.2, 0.25) is 0 Å². The molecule has 1 fully saturated rings. The molecule has 1 saturated carbocycles. The molecule has 1 N–H and O–H groups in total. The van der Waals surface area contributed by atoms with Crippen molar-refractivity contribution in [1.29, 1.82) is 0 Å². The monoisotopic (exact) mass is 275 g/mol. The molecule has 0 bridgehead atoms. The van der Waals surface area contributed by atoms with Crippen molar-refractivity contribution in [3.8, 4) is 0 Å². The van der Waals surface area contributed by atoms with E-state index in [9.17, 15) is 4.39 Å². The predicted molar refractivity (Wildman–Crippen MR) is 81.3 cm³/mol. The lowest BCUT2D eigenvalue weighted by molar-refractivity contribution is 0.309. The van der Waals surface area contributed by atoms with E-state index in [-0.39, 0.29) is 5.82 Å². The quantitative estimate of drug-likeness (QED) is 0.784. The lowest BCUT2D eigenvalue weighted by atomic mass is 9.92. The number of nitrogens with one attached hydrogen (secondary N) is 1. The van der Waals surface area contributed by atoms with Gasteiger partial charge in [0.2, 0.25) is 0 Å². The van der Waals surface area contributed by atoms with Crippen LogP contribution in [-0.2, 0) is 6.42 Å². The zero-order valence-corrected chi connectivity index (χ0v) is 12.5. The molecule has 2 aliphatic rings. The third kappa shape index (κ3) is 2.90. The normalized spacial score (nSPS) is 25.2. The summed E-state index contributed by atoms with van der Waals surface area (Å²) in [5.74, 6) is 0.782. The Morgan fingerprint density at radius 1 is 1.10 bits per heavy atom. The van der Waals surface area contributed by atoms with Gasteiger partial charge >= 0.3 is 0 Å². The number of hydrogen-bond acceptors (Lipinski definition) is 1. The van der Waals surface area contributed by atoms with Crippen molar-refractivity contribution < 1.29 is 4.39 Å². The van der Waals surface area contributed by atoms with Crippen LogP contribution in [0.3, 0.4) is 0 Å². The molecule has 1 unspecified atom stereocenters. The first-order valence-electron chi connectivity index (χ1n) is 8.29. The second-order valence-corrected chi connectivity index (χ2v) is 6.61. The van der Waals surface area contributed by atoms with Gasteiger partial charge in [0.1, 0.15) is 5.82 Å². The lowest BCUT2D eigenvalue weighted by Crippen LogP contribution is -2.35. The fraction of sp³-hybridized carbons (Fsp3) is 0.667. The summed E-state index contributed by atoms with van der Waals surface area (Å²) in [6.45, 7) is 2.33. The number of hydrogen-bond donors (Lipinski definition) is 1. The maximum Gasteiger partial charge on any atom is 0.126 e. The van der Waals surface area contributed by atoms with Gasteiger partial charge in [-0.15, -0.1) is 0 Å². The summed E-state index contributed by atoms with van der Waals surface area (Å²) in [5, 5.41) is 3.79. The highest BCUT2D eigenvalue weighted by Gasteiger charge is 2.28. The standard InChI is InChI=1S/C18H26FN/c1-13(14-7-4-2-3-5-8-14)20-18-12-11-15-16(18)9-6-10-17(15)19/h6,9-10,13-14,18,20H,2-5,7-8,11-12H2,1H3/t13-,18?/m0/s1. The Morgan fingerprint density at radius 3 is 2.60 bits per heavy atom. The summed E-state index contributed by atoms with van der Waals surface area (Å²) in [6, 6.07) is 6.45. The van der Waals surface area contributed by atoms with Crippen LogP contribution in [0.1, 0.15) is 69.0 Å². The minimum atomic E-state index is -0.0195. The molecule has 1 nitrogen and oxygen atoms in total. The fourth-order valence-corrected chi connectivity index (χ4v) is 4.05. The number of rotatable bonds is 3. The Bertz CT molecular complexity index is 449. The average Bonchev–Trinajstić information content (AvgIpc) is 2.69. The second-order valence-electron chi connectivity index (χ2n) is 6.61. The number of halogens is 1. The van der Waals surface area contributed by atoms with Crippen LogP contribution in [0.5, 0.6) is 0 Å². The van der Waals surface area contributed by atoms with E-state index in [1.807, 2.05) is 6.07 Å². The highest BCUT2D eigenvalue weighted by molar-refractivity contribution is 5.35. The van der Waals surface area contributed by atoms with Crippen molar-refractivity contribution in [2.45, 2.75) is 70.4 Å². The molecule has 2 atom stereocenters. The fourth-order valence-electron chi connectivity index (χ4n) is 4.05. The molecule has 2 heteroatoms. The number of fused-ring (bicyclic) bond motifs is 1. The van der Waals surface area contributed by atoms with Gasteiger partial charge in [0.25, 0.3) is 0 Å². The maximum absolute atomic E-state index is 13.8. The molecule has 1 aromatic carbocycles. The minimum absolute atomic E-state index is 0.0195. The predicted octanol–water partition coefficient (Wildman–Crippen LogP) is 4.76. The van der Waals surface area contributed by atoms with E-state index >= 15 is 0 Å². The molecule has 0 heterocycles. The Morgan fingerprint density at radius 2 is 1.85 bits per heavy atom. The van der Waals surface area contributed by atoms with E-state index in [0.717, 1.165) is 24.3 Å². The van der Waals surface area contributed by atoms with Crippen LogP contribution in [0.25, 0.3) is 0 Å². The van der Waals surface area contributed by atoms with Gasteiger partial charge in [-0.1, -0.05) is 37.8 Å². The van der Waals surface area contributed by atoms with Gasteiger partial charge in [-0.2, -0.15) is 0 Å². The molecule has 3 rings (SSSR count). The van der Waals surface area contributed by atoms with Crippen molar-refractivity contribution in [2.75, 3.05) is 0 Å². The van der Waals surface area contributed by atoms with Gasteiger partial charge in [0.15, 0.2) is 0 Å². The van der Waals surface area contributed by atoms with Crippen molar-refractivity contribution in [3.63, 3.8) is 0 Å². The Kier molecular flexibility index (Phi) is 4.40. The first-order chi connectivity index (χ1) is 9.75. The molecule has 0 aromatic heterocycles. The molecule has 110 valence electrons. The smallest absolute Gasteiger partial charge is 0.126 e. The van der Waals surface area contributed by atoms with E-state index in [2.05, 4.69) is 18.3 Å². The lowest BCUT2D eigenvalue weighted by Gasteiger charge is -2.27. The van der Waals surface area contributed by atoms with Crippen molar-refractivity contribution in [2.24, 2.45) is 5.92 Å². The molecule has 0 spiro atoms. The molecule has 2 aliphatic carbocycles. The summed E-state index contributed by atoms with van der Waals surface area (Å²) in [5.41, 5.74) is 2.14. The van der Waals surface area contributed by atoms with Gasteiger partial charge in [-0.25, -0.2) is 4.39 Å². The van der Waals surface area contributed by atoms with E-state index in [1.165, 1.54) is 44.1 Å². The van der Waals surface area contributed by atoms with Crippen LogP contribution in [0.4, 0.5) is 4.39 Å². The summed E-state index contributed by atoms with van der Waals surface area (Å²) < 4.78 is 13.8. The SMILES string of the molecule is C[C@H](NC1CCc2c(F)cccc21)C1CCCCCC1. The van der Waals surface area contributed by atoms with Gasteiger partial charge in [0, 0.05) is 12.1 Å². The highest BCUT2D eigenvalue weighted by atomic mass is 19.1. The first kappa shape index (κ1) is 14.1. The van der Waals surface area contributed by atoms with Gasteiger partial charge < -0.3 is 5.32 Å². The van der Waals surface area contributed by atoms with Crippen LogP contribution in [-0.4, -0.2) is 6.04 Å². The largest absolute Gasteiger partial charge is 0.307 e. The van der Waals surface area contributed by atoms with E-state index in [0.29, 0.717) is 12.1 Å².